The fraction of sp³-hybridized carbons (Fsp3) is 0.238. The zero-order valence-electron chi connectivity index (χ0n) is 17.1. The highest BCUT2D eigenvalue weighted by molar-refractivity contribution is 6.22. The topological polar surface area (TPSA) is 122 Å². The van der Waals surface area contributed by atoms with Crippen LogP contribution in [0.4, 0.5) is 5.82 Å². The molecule has 1 aliphatic heterocycles. The van der Waals surface area contributed by atoms with E-state index in [0.717, 1.165) is 10.6 Å². The van der Waals surface area contributed by atoms with Crippen LogP contribution < -0.4 is 10.6 Å². The number of benzene rings is 1. The first kappa shape index (κ1) is 20.2. The minimum absolute atomic E-state index is 0.284. The minimum Gasteiger partial charge on any atom is -0.368 e. The van der Waals surface area contributed by atoms with Gasteiger partial charge in [-0.25, -0.2) is 14.6 Å². The first-order chi connectivity index (χ1) is 15.0. The molecule has 10 nitrogen and oxygen atoms in total. The van der Waals surface area contributed by atoms with Gasteiger partial charge in [-0.2, -0.15) is 5.10 Å². The van der Waals surface area contributed by atoms with E-state index in [-0.39, 0.29) is 6.54 Å². The molecule has 10 heteroatoms. The quantitative estimate of drug-likeness (QED) is 0.436. The van der Waals surface area contributed by atoms with Crippen LogP contribution in [0.25, 0.3) is 5.82 Å². The Bertz CT molecular complexity index is 1120. The summed E-state index contributed by atoms with van der Waals surface area (Å²) in [5.74, 6) is -0.117. The van der Waals surface area contributed by atoms with Crippen LogP contribution in [0.5, 0.6) is 0 Å². The number of rotatable bonds is 7. The van der Waals surface area contributed by atoms with Crippen molar-refractivity contribution in [1.82, 2.24) is 30.0 Å². The van der Waals surface area contributed by atoms with E-state index in [2.05, 4.69) is 25.7 Å². The Morgan fingerprint density at radius 1 is 1.06 bits per heavy atom. The highest BCUT2D eigenvalue weighted by Crippen LogP contribution is 2.24. The summed E-state index contributed by atoms with van der Waals surface area (Å²) in [5.41, 5.74) is 1.52. The first-order valence-electron chi connectivity index (χ1n) is 9.79. The summed E-state index contributed by atoms with van der Waals surface area (Å²) in [6, 6.07) is 9.26. The average molecular weight is 419 g/mol. The van der Waals surface area contributed by atoms with E-state index >= 15 is 0 Å². The van der Waals surface area contributed by atoms with E-state index in [4.69, 9.17) is 0 Å². The Kier molecular flexibility index (Phi) is 5.44. The van der Waals surface area contributed by atoms with Gasteiger partial charge in [-0.15, -0.1) is 0 Å². The van der Waals surface area contributed by atoms with Gasteiger partial charge in [0.15, 0.2) is 5.82 Å². The molecule has 1 aromatic carbocycles. The minimum atomic E-state index is -0.916. The number of hydrogen-bond acceptors (Lipinski definition) is 7. The van der Waals surface area contributed by atoms with Gasteiger partial charge in [0.1, 0.15) is 18.2 Å². The van der Waals surface area contributed by atoms with Crippen molar-refractivity contribution in [2.24, 2.45) is 0 Å². The van der Waals surface area contributed by atoms with Crippen LogP contribution >= 0.6 is 0 Å². The monoisotopic (exact) mass is 419 g/mol. The largest absolute Gasteiger partial charge is 0.368 e. The second-order valence-corrected chi connectivity index (χ2v) is 7.08. The third-order valence-corrected chi connectivity index (χ3v) is 4.93. The molecule has 2 aromatic heterocycles. The molecule has 0 radical (unpaired) electrons. The Labute approximate surface area is 178 Å². The summed E-state index contributed by atoms with van der Waals surface area (Å²) in [4.78, 5) is 46.9. The van der Waals surface area contributed by atoms with Crippen LogP contribution in [-0.2, 0) is 4.79 Å². The normalized spacial score (nSPS) is 13.8. The smallest absolute Gasteiger partial charge is 0.262 e. The van der Waals surface area contributed by atoms with Crippen LogP contribution in [0, 0.1) is 6.92 Å². The summed E-state index contributed by atoms with van der Waals surface area (Å²) in [7, 11) is 0. The van der Waals surface area contributed by atoms with Crippen molar-refractivity contribution in [3.63, 3.8) is 0 Å². The number of nitrogens with one attached hydrogen (secondary N) is 2. The fourth-order valence-corrected chi connectivity index (χ4v) is 3.31. The zero-order valence-corrected chi connectivity index (χ0v) is 17.1. The zero-order chi connectivity index (χ0) is 22.0. The van der Waals surface area contributed by atoms with Gasteiger partial charge in [0.05, 0.1) is 16.8 Å². The lowest BCUT2D eigenvalue weighted by atomic mass is 10.1. The van der Waals surface area contributed by atoms with Crippen molar-refractivity contribution in [3.8, 4) is 5.82 Å². The van der Waals surface area contributed by atoms with Crippen molar-refractivity contribution in [2.75, 3.05) is 18.4 Å². The van der Waals surface area contributed by atoms with Crippen LogP contribution in [0.1, 0.15) is 33.3 Å². The van der Waals surface area contributed by atoms with Gasteiger partial charge in [0, 0.05) is 25.4 Å². The molecule has 0 fully saturated rings. The number of carbonyl (C=O) groups is 3. The van der Waals surface area contributed by atoms with E-state index in [1.54, 1.807) is 35.0 Å². The molecule has 0 saturated heterocycles. The number of carbonyl (C=O) groups excluding carboxylic acids is 3. The Balaban J connectivity index is 1.30. The maximum Gasteiger partial charge on any atom is 0.262 e. The molecule has 3 amide bonds. The Hall–Kier alpha value is -4.08. The van der Waals surface area contributed by atoms with Crippen LogP contribution in [0.2, 0.25) is 0 Å². The molecule has 0 spiro atoms. The molecular weight excluding hydrogens is 398 g/mol. The summed E-state index contributed by atoms with van der Waals surface area (Å²) < 4.78 is 1.65. The van der Waals surface area contributed by atoms with Crippen molar-refractivity contribution < 1.29 is 14.4 Å². The highest BCUT2D eigenvalue weighted by atomic mass is 16.2. The molecule has 0 bridgehead atoms. The van der Waals surface area contributed by atoms with E-state index in [1.807, 2.05) is 19.2 Å². The van der Waals surface area contributed by atoms with Gasteiger partial charge < -0.3 is 10.6 Å². The number of hydrogen-bond donors (Lipinski definition) is 2. The van der Waals surface area contributed by atoms with Crippen LogP contribution in [0.3, 0.4) is 0 Å². The predicted molar refractivity (Wildman–Crippen MR) is 112 cm³/mol. The summed E-state index contributed by atoms with van der Waals surface area (Å²) >= 11 is 0. The molecule has 3 heterocycles. The molecule has 3 aromatic rings. The van der Waals surface area contributed by atoms with Crippen molar-refractivity contribution in [1.29, 1.82) is 0 Å². The number of aryl methyl sites for hydroxylation is 1. The molecule has 158 valence electrons. The molecule has 31 heavy (non-hydrogen) atoms. The molecule has 2 N–H and O–H groups in total. The molecule has 4 rings (SSSR count). The summed E-state index contributed by atoms with van der Waals surface area (Å²) in [5, 5.41) is 10.1. The molecule has 0 aliphatic carbocycles. The number of imide groups is 1. The van der Waals surface area contributed by atoms with Crippen molar-refractivity contribution >= 4 is 23.5 Å². The number of nitrogens with zero attached hydrogens (tertiary/aromatic N) is 5. The predicted octanol–water partition coefficient (Wildman–Crippen LogP) is 1.18. The van der Waals surface area contributed by atoms with Gasteiger partial charge in [-0.1, -0.05) is 12.1 Å². The SMILES string of the molecule is Cc1ccn(-c2cc(NCCNC(=O)C(C)N3C(=O)c4ccccc4C3=O)ncn2)n1. The molecule has 1 aliphatic rings. The van der Waals surface area contributed by atoms with Crippen LogP contribution in [-0.4, -0.2) is 61.5 Å². The Morgan fingerprint density at radius 2 is 1.77 bits per heavy atom. The number of amides is 3. The lowest BCUT2D eigenvalue weighted by molar-refractivity contribution is -0.124. The van der Waals surface area contributed by atoms with Gasteiger partial charge in [0.25, 0.3) is 11.8 Å². The molecule has 1 atom stereocenters. The third kappa shape index (κ3) is 4.00. The molecule has 0 saturated carbocycles. The second kappa shape index (κ2) is 8.34. The van der Waals surface area contributed by atoms with Crippen molar-refractivity contribution in [2.45, 2.75) is 19.9 Å². The van der Waals surface area contributed by atoms with Gasteiger partial charge >= 0.3 is 0 Å². The Morgan fingerprint density at radius 3 is 2.42 bits per heavy atom. The first-order valence-corrected chi connectivity index (χ1v) is 9.79. The summed E-state index contributed by atoms with van der Waals surface area (Å²) in [6.07, 6.45) is 3.24. The van der Waals surface area contributed by atoms with E-state index < -0.39 is 23.8 Å². The lowest BCUT2D eigenvalue weighted by Crippen LogP contribution is -2.48. The number of anilines is 1. The second-order valence-electron chi connectivity index (χ2n) is 7.08. The van der Waals surface area contributed by atoms with Gasteiger partial charge in [0.2, 0.25) is 5.91 Å². The third-order valence-electron chi connectivity index (χ3n) is 4.93. The van der Waals surface area contributed by atoms with Crippen LogP contribution in [0.15, 0.2) is 48.9 Å². The van der Waals surface area contributed by atoms with Gasteiger partial charge in [-0.3, -0.25) is 19.3 Å². The van der Waals surface area contributed by atoms with E-state index in [0.29, 0.717) is 29.3 Å². The lowest BCUT2D eigenvalue weighted by Gasteiger charge is -2.21. The van der Waals surface area contributed by atoms with Crippen molar-refractivity contribution in [3.05, 3.63) is 65.7 Å². The molecule has 1 unspecified atom stereocenters. The summed E-state index contributed by atoms with van der Waals surface area (Å²) in [6.45, 7) is 4.11. The standard InChI is InChI=1S/C21H21N7O3/c1-13-7-10-27(26-13)18-11-17(24-12-25-18)22-8-9-23-19(29)14(2)28-20(30)15-5-3-4-6-16(15)21(28)31/h3-7,10-12,14H,8-9H2,1-2H3,(H,23,29)(H,22,24,25). The number of aromatic nitrogens is 4. The van der Waals surface area contributed by atoms with Gasteiger partial charge in [-0.05, 0) is 32.0 Å². The van der Waals surface area contributed by atoms with E-state index in [1.165, 1.54) is 13.3 Å². The molecular formula is C21H21N7O3. The highest BCUT2D eigenvalue weighted by Gasteiger charge is 2.40. The van der Waals surface area contributed by atoms with E-state index in [9.17, 15) is 14.4 Å². The maximum absolute atomic E-state index is 12.5. The fourth-order valence-electron chi connectivity index (χ4n) is 3.31. The number of fused-ring (bicyclic) bond motifs is 1. The maximum atomic E-state index is 12.5. The average Bonchev–Trinajstić information content (AvgIpc) is 3.32.